The van der Waals surface area contributed by atoms with E-state index in [1.54, 1.807) is 0 Å². The third-order valence-electron chi connectivity index (χ3n) is 2.51. The third-order valence-corrected chi connectivity index (χ3v) is 4.75. The van der Waals surface area contributed by atoms with Gasteiger partial charge in [-0.1, -0.05) is 17.7 Å². The summed E-state index contributed by atoms with van der Waals surface area (Å²) in [5.41, 5.74) is -1.20. The zero-order valence-electron chi connectivity index (χ0n) is 10.5. The first-order valence-corrected chi connectivity index (χ1v) is 8.26. The van der Waals surface area contributed by atoms with Gasteiger partial charge in [0.2, 0.25) is 0 Å². The highest BCUT2D eigenvalue weighted by Gasteiger charge is 2.31. The molecule has 1 N–H and O–H groups in total. The van der Waals surface area contributed by atoms with Gasteiger partial charge in [0.15, 0.2) is 0 Å². The Labute approximate surface area is 137 Å². The van der Waals surface area contributed by atoms with Gasteiger partial charge in [0.05, 0.1) is 5.56 Å². The van der Waals surface area contributed by atoms with E-state index < -0.39 is 21.8 Å². The van der Waals surface area contributed by atoms with Crippen LogP contribution in [0.4, 0.5) is 18.9 Å². The number of benzene rings is 1. The van der Waals surface area contributed by atoms with Crippen molar-refractivity contribution in [2.45, 2.75) is 11.1 Å². The first kappa shape index (κ1) is 17.0. The summed E-state index contributed by atoms with van der Waals surface area (Å²) in [5.74, 6) is 0. The fourth-order valence-corrected chi connectivity index (χ4v) is 3.56. The van der Waals surface area contributed by atoms with Crippen LogP contribution in [-0.2, 0) is 16.2 Å². The van der Waals surface area contributed by atoms with E-state index in [0.29, 0.717) is 10.5 Å². The van der Waals surface area contributed by atoms with Gasteiger partial charge in [-0.3, -0.25) is 4.72 Å². The van der Waals surface area contributed by atoms with Crippen LogP contribution in [0.2, 0.25) is 5.15 Å². The summed E-state index contributed by atoms with van der Waals surface area (Å²) in [6, 6.07) is 5.03. The summed E-state index contributed by atoms with van der Waals surface area (Å²) in [5, 5.41) is -0.289. The maximum absolute atomic E-state index is 12.6. The molecule has 0 aliphatic rings. The van der Waals surface area contributed by atoms with E-state index in [-0.39, 0.29) is 15.7 Å². The lowest BCUT2D eigenvalue weighted by Crippen LogP contribution is -2.15. The molecule has 0 amide bonds. The zero-order valence-corrected chi connectivity index (χ0v) is 13.7. The number of aromatic nitrogens is 1. The van der Waals surface area contributed by atoms with Crippen LogP contribution >= 0.6 is 27.5 Å². The summed E-state index contributed by atoms with van der Waals surface area (Å²) in [7, 11) is -4.17. The van der Waals surface area contributed by atoms with Crippen LogP contribution in [-0.4, -0.2) is 13.4 Å². The number of pyridine rings is 1. The van der Waals surface area contributed by atoms with Crippen LogP contribution in [0, 0.1) is 0 Å². The summed E-state index contributed by atoms with van der Waals surface area (Å²) < 4.78 is 64.7. The summed E-state index contributed by atoms with van der Waals surface area (Å²) in [4.78, 5) is 3.32. The van der Waals surface area contributed by atoms with Crippen molar-refractivity contribution >= 4 is 43.2 Å². The van der Waals surface area contributed by atoms with Crippen LogP contribution in [0.5, 0.6) is 0 Å². The molecule has 0 bridgehead atoms. The van der Waals surface area contributed by atoms with Crippen molar-refractivity contribution in [1.29, 1.82) is 0 Å². The lowest BCUT2D eigenvalue weighted by molar-refractivity contribution is -0.137. The van der Waals surface area contributed by atoms with Crippen LogP contribution in [0.25, 0.3) is 0 Å². The molecular formula is C12H7BrClF3N2O2S. The molecule has 1 aromatic heterocycles. The average molecular weight is 416 g/mol. The van der Waals surface area contributed by atoms with E-state index >= 15 is 0 Å². The molecule has 0 aliphatic carbocycles. The summed E-state index contributed by atoms with van der Waals surface area (Å²) in [6.07, 6.45) is -3.28. The van der Waals surface area contributed by atoms with Gasteiger partial charge in [0, 0.05) is 16.4 Å². The second kappa shape index (κ2) is 6.05. The van der Waals surface area contributed by atoms with Crippen molar-refractivity contribution in [2.75, 3.05) is 4.72 Å². The first-order chi connectivity index (χ1) is 10.1. The molecular weight excluding hydrogens is 409 g/mol. The van der Waals surface area contributed by atoms with Crippen molar-refractivity contribution in [3.8, 4) is 0 Å². The molecule has 1 heterocycles. The van der Waals surface area contributed by atoms with Gasteiger partial charge in [-0.2, -0.15) is 13.2 Å². The Morgan fingerprint density at radius 3 is 2.55 bits per heavy atom. The molecule has 0 radical (unpaired) electrons. The number of alkyl halides is 3. The molecule has 1 aromatic carbocycles. The highest BCUT2D eigenvalue weighted by atomic mass is 79.9. The predicted molar refractivity (Wildman–Crippen MR) is 79.2 cm³/mol. The minimum Gasteiger partial charge on any atom is -0.280 e. The minimum atomic E-state index is -4.57. The Balaban J connectivity index is 2.39. The third kappa shape index (κ3) is 3.90. The Hall–Kier alpha value is -1.32. The second-order valence-electron chi connectivity index (χ2n) is 4.13. The highest BCUT2D eigenvalue weighted by Crippen LogP contribution is 2.31. The molecule has 2 aromatic rings. The van der Waals surface area contributed by atoms with Crippen LogP contribution < -0.4 is 4.72 Å². The minimum absolute atomic E-state index is 0.231. The van der Waals surface area contributed by atoms with E-state index in [1.165, 1.54) is 18.3 Å². The number of nitrogens with zero attached hydrogens (tertiary/aromatic N) is 1. The standard InChI is InChI=1S/C12H7BrClF3N2O2S/c13-8-5-10(11(14)18-6-8)22(20,21)19-9-3-1-2-7(4-9)12(15,16)17/h1-6,19H. The Kier molecular flexibility index (Phi) is 4.69. The number of sulfonamides is 1. The Bertz CT molecular complexity index is 812. The molecule has 0 saturated heterocycles. The van der Waals surface area contributed by atoms with Crippen LogP contribution in [0.3, 0.4) is 0 Å². The maximum atomic E-state index is 12.6. The Morgan fingerprint density at radius 1 is 1.23 bits per heavy atom. The summed E-state index contributed by atoms with van der Waals surface area (Å²) >= 11 is 8.77. The second-order valence-corrected chi connectivity index (χ2v) is 7.05. The van der Waals surface area contributed by atoms with Crippen molar-refractivity contribution in [3.63, 3.8) is 0 Å². The monoisotopic (exact) mass is 414 g/mol. The molecule has 0 spiro atoms. The van der Waals surface area contributed by atoms with Gasteiger partial charge < -0.3 is 0 Å². The number of nitrogens with one attached hydrogen (secondary N) is 1. The van der Waals surface area contributed by atoms with Crippen molar-refractivity contribution in [2.24, 2.45) is 0 Å². The van der Waals surface area contributed by atoms with E-state index in [9.17, 15) is 21.6 Å². The number of hydrogen-bond acceptors (Lipinski definition) is 3. The maximum Gasteiger partial charge on any atom is 0.416 e. The quantitative estimate of drug-likeness (QED) is 0.760. The van der Waals surface area contributed by atoms with Gasteiger partial charge in [0.25, 0.3) is 10.0 Å². The van der Waals surface area contributed by atoms with Crippen LogP contribution in [0.1, 0.15) is 5.56 Å². The van der Waals surface area contributed by atoms with Gasteiger partial charge in [-0.05, 0) is 40.2 Å². The SMILES string of the molecule is O=S(=O)(Nc1cccc(C(F)(F)F)c1)c1cc(Br)cnc1Cl. The molecule has 118 valence electrons. The Morgan fingerprint density at radius 2 is 1.91 bits per heavy atom. The number of anilines is 1. The van der Waals surface area contributed by atoms with Crippen molar-refractivity contribution in [1.82, 2.24) is 4.98 Å². The molecule has 0 fully saturated rings. The zero-order chi connectivity index (χ0) is 16.5. The highest BCUT2D eigenvalue weighted by molar-refractivity contribution is 9.10. The van der Waals surface area contributed by atoms with E-state index in [0.717, 1.165) is 12.1 Å². The number of halogens is 5. The van der Waals surface area contributed by atoms with Gasteiger partial charge in [-0.15, -0.1) is 0 Å². The van der Waals surface area contributed by atoms with Crippen LogP contribution in [0.15, 0.2) is 45.9 Å². The smallest absolute Gasteiger partial charge is 0.280 e. The molecule has 0 unspecified atom stereocenters. The first-order valence-electron chi connectivity index (χ1n) is 5.61. The van der Waals surface area contributed by atoms with Gasteiger partial charge >= 0.3 is 6.18 Å². The average Bonchev–Trinajstić information content (AvgIpc) is 2.40. The number of hydrogen-bond donors (Lipinski definition) is 1. The summed E-state index contributed by atoms with van der Waals surface area (Å²) in [6.45, 7) is 0. The van der Waals surface area contributed by atoms with Crippen molar-refractivity contribution < 1.29 is 21.6 Å². The lowest BCUT2D eigenvalue weighted by Gasteiger charge is -2.12. The van der Waals surface area contributed by atoms with E-state index in [2.05, 4.69) is 20.9 Å². The predicted octanol–water partition coefficient (Wildman–Crippen LogP) is 4.32. The topological polar surface area (TPSA) is 59.1 Å². The molecule has 0 atom stereocenters. The molecule has 0 aliphatic heterocycles. The lowest BCUT2D eigenvalue weighted by atomic mass is 10.2. The molecule has 4 nitrogen and oxygen atoms in total. The largest absolute Gasteiger partial charge is 0.416 e. The molecule has 10 heteroatoms. The van der Waals surface area contributed by atoms with Gasteiger partial charge in [-0.25, -0.2) is 13.4 Å². The normalized spacial score (nSPS) is 12.2. The fraction of sp³-hybridized carbons (Fsp3) is 0.0833. The van der Waals surface area contributed by atoms with Gasteiger partial charge in [0.1, 0.15) is 10.0 Å². The molecule has 0 saturated carbocycles. The fourth-order valence-electron chi connectivity index (χ4n) is 1.56. The molecule has 2 rings (SSSR count). The molecule has 22 heavy (non-hydrogen) atoms. The number of rotatable bonds is 3. The van der Waals surface area contributed by atoms with E-state index in [4.69, 9.17) is 11.6 Å². The van der Waals surface area contributed by atoms with E-state index in [1.807, 2.05) is 4.72 Å². The van der Waals surface area contributed by atoms with Crippen molar-refractivity contribution in [3.05, 3.63) is 51.7 Å².